The van der Waals surface area contributed by atoms with Crippen molar-refractivity contribution in [1.82, 2.24) is 19.8 Å². The lowest BCUT2D eigenvalue weighted by Gasteiger charge is -2.28. The summed E-state index contributed by atoms with van der Waals surface area (Å²) < 4.78 is 7.66. The summed E-state index contributed by atoms with van der Waals surface area (Å²) in [4.78, 5) is 19.8. The molecular formula is C31H33N5O2S. The lowest BCUT2D eigenvalue weighted by molar-refractivity contribution is -0.116. The van der Waals surface area contributed by atoms with E-state index in [0.29, 0.717) is 23.1 Å². The van der Waals surface area contributed by atoms with Crippen LogP contribution in [0, 0.1) is 20.8 Å². The fourth-order valence-corrected chi connectivity index (χ4v) is 5.68. The number of nitrogens with zero attached hydrogens (tertiary/aromatic N) is 3. The normalized spacial score (nSPS) is 16.7. The first-order valence-electron chi connectivity index (χ1n) is 13.0. The van der Waals surface area contributed by atoms with Crippen LogP contribution in [0.3, 0.4) is 0 Å². The minimum atomic E-state index is -0.150. The van der Waals surface area contributed by atoms with E-state index >= 15 is 0 Å². The van der Waals surface area contributed by atoms with Gasteiger partial charge in [0.15, 0.2) is 5.11 Å². The van der Waals surface area contributed by atoms with Crippen molar-refractivity contribution >= 4 is 28.9 Å². The van der Waals surface area contributed by atoms with Gasteiger partial charge in [0.2, 0.25) is 5.91 Å². The van der Waals surface area contributed by atoms with Crippen LogP contribution in [-0.2, 0) is 4.79 Å². The molecule has 2 aromatic heterocycles. The second kappa shape index (κ2) is 11.3. The summed E-state index contributed by atoms with van der Waals surface area (Å²) in [5.74, 6) is 0.522. The van der Waals surface area contributed by atoms with Crippen LogP contribution in [0.4, 0.5) is 5.69 Å². The summed E-state index contributed by atoms with van der Waals surface area (Å²) in [6.07, 6.45) is 2.07. The Balaban J connectivity index is 1.46. The molecule has 1 fully saturated rings. The summed E-state index contributed by atoms with van der Waals surface area (Å²) in [5, 5.41) is 7.09. The molecule has 200 valence electrons. The molecule has 0 radical (unpaired) electrons. The van der Waals surface area contributed by atoms with Crippen molar-refractivity contribution in [3.8, 4) is 11.4 Å². The number of benzene rings is 2. The van der Waals surface area contributed by atoms with Crippen molar-refractivity contribution in [2.45, 2.75) is 39.3 Å². The maximum Gasteiger partial charge on any atom is 0.226 e. The number of hydrogen-bond acceptors (Lipinski definition) is 4. The number of carbonyl (C=O) groups is 1. The monoisotopic (exact) mass is 539 g/mol. The number of methoxy groups -OCH3 is 1. The van der Waals surface area contributed by atoms with Crippen molar-refractivity contribution < 1.29 is 9.53 Å². The van der Waals surface area contributed by atoms with Gasteiger partial charge < -0.3 is 24.8 Å². The molecule has 2 atom stereocenters. The molecule has 4 aromatic rings. The maximum absolute atomic E-state index is 13.0. The molecule has 1 aliphatic heterocycles. The highest BCUT2D eigenvalue weighted by Crippen LogP contribution is 2.41. The molecule has 0 unspecified atom stereocenters. The molecule has 5 rings (SSSR count). The molecule has 0 aliphatic carbocycles. The number of amides is 1. The fourth-order valence-electron chi connectivity index (χ4n) is 5.35. The van der Waals surface area contributed by atoms with Gasteiger partial charge >= 0.3 is 0 Å². The number of rotatable bonds is 8. The van der Waals surface area contributed by atoms with Gasteiger partial charge in [0.1, 0.15) is 5.75 Å². The lowest BCUT2D eigenvalue weighted by atomic mass is 9.96. The quantitative estimate of drug-likeness (QED) is 0.276. The van der Waals surface area contributed by atoms with E-state index in [2.05, 4.69) is 76.2 Å². The summed E-state index contributed by atoms with van der Waals surface area (Å²) in [7, 11) is 1.59. The number of aromatic nitrogens is 2. The van der Waals surface area contributed by atoms with Gasteiger partial charge in [0.25, 0.3) is 0 Å². The van der Waals surface area contributed by atoms with Crippen LogP contribution in [-0.4, -0.2) is 39.1 Å². The molecule has 7 nitrogen and oxygen atoms in total. The van der Waals surface area contributed by atoms with Crippen molar-refractivity contribution in [2.75, 3.05) is 19.0 Å². The number of thiocarbonyl (C=S) groups is 1. The second-order valence-corrected chi connectivity index (χ2v) is 10.2. The van der Waals surface area contributed by atoms with Crippen LogP contribution in [0.2, 0.25) is 0 Å². The van der Waals surface area contributed by atoms with Gasteiger partial charge in [0, 0.05) is 36.2 Å². The summed E-state index contributed by atoms with van der Waals surface area (Å²) in [5.41, 5.74) is 7.32. The SMILES string of the molecule is COc1ccccc1NC(=O)CCN1C(=S)N[C@@H](c2ccccn2)[C@H]1c1cc(C)n(-c2ccc(C)cc2)c1C. The van der Waals surface area contributed by atoms with Gasteiger partial charge in [-0.15, -0.1) is 0 Å². The van der Waals surface area contributed by atoms with Gasteiger partial charge in [-0.3, -0.25) is 9.78 Å². The number of hydrogen-bond donors (Lipinski definition) is 2. The van der Waals surface area contributed by atoms with Crippen molar-refractivity contribution in [2.24, 2.45) is 0 Å². The highest BCUT2D eigenvalue weighted by Gasteiger charge is 2.41. The second-order valence-electron chi connectivity index (χ2n) is 9.82. The van der Waals surface area contributed by atoms with E-state index in [1.807, 2.05) is 42.5 Å². The lowest BCUT2D eigenvalue weighted by Crippen LogP contribution is -2.33. The molecule has 1 amide bonds. The zero-order chi connectivity index (χ0) is 27.5. The summed E-state index contributed by atoms with van der Waals surface area (Å²) in [6, 6.07) is 23.8. The van der Waals surface area contributed by atoms with Crippen LogP contribution >= 0.6 is 12.2 Å². The molecule has 3 heterocycles. The molecule has 2 aromatic carbocycles. The third kappa shape index (κ3) is 5.38. The number of pyridine rings is 1. The van der Waals surface area contributed by atoms with E-state index in [1.165, 1.54) is 5.56 Å². The molecule has 2 N–H and O–H groups in total. The zero-order valence-corrected chi connectivity index (χ0v) is 23.5. The largest absolute Gasteiger partial charge is 0.495 e. The van der Waals surface area contributed by atoms with Gasteiger partial charge in [0.05, 0.1) is 30.6 Å². The summed E-state index contributed by atoms with van der Waals surface area (Å²) in [6.45, 7) is 6.81. The number of aryl methyl sites for hydroxylation is 2. The fraction of sp³-hybridized carbons (Fsp3) is 0.258. The zero-order valence-electron chi connectivity index (χ0n) is 22.6. The van der Waals surface area contributed by atoms with E-state index < -0.39 is 0 Å². The highest BCUT2D eigenvalue weighted by molar-refractivity contribution is 7.80. The smallest absolute Gasteiger partial charge is 0.226 e. The Morgan fingerprint density at radius 3 is 2.51 bits per heavy atom. The third-order valence-electron chi connectivity index (χ3n) is 7.24. The summed E-state index contributed by atoms with van der Waals surface area (Å²) >= 11 is 5.84. The molecule has 0 spiro atoms. The molecular weight excluding hydrogens is 506 g/mol. The third-order valence-corrected chi connectivity index (χ3v) is 7.59. The number of nitrogens with one attached hydrogen (secondary N) is 2. The number of carbonyl (C=O) groups excluding carboxylic acids is 1. The van der Waals surface area contributed by atoms with E-state index in [4.69, 9.17) is 17.0 Å². The Bertz CT molecular complexity index is 1480. The van der Waals surface area contributed by atoms with Gasteiger partial charge in [-0.25, -0.2) is 0 Å². The standard InChI is InChI=1S/C31H33N5O2S/c1-20-12-14-23(15-13-20)36-21(2)19-24(22(36)3)30-29(26-10-7-8-17-32-26)34-31(39)35(30)18-16-28(37)33-25-9-5-6-11-27(25)38-4/h5-15,17,19,29-30H,16,18H2,1-4H3,(H,33,37)(H,34,39)/t29-,30+/m0/s1. The molecule has 0 bridgehead atoms. The van der Waals surface area contributed by atoms with E-state index in [-0.39, 0.29) is 24.4 Å². The Kier molecular flexibility index (Phi) is 7.65. The minimum absolute atomic E-state index is 0.104. The van der Waals surface area contributed by atoms with Crippen LogP contribution in [0.1, 0.15) is 46.7 Å². The minimum Gasteiger partial charge on any atom is -0.495 e. The van der Waals surface area contributed by atoms with Crippen LogP contribution < -0.4 is 15.4 Å². The van der Waals surface area contributed by atoms with E-state index in [1.54, 1.807) is 13.3 Å². The number of anilines is 1. The van der Waals surface area contributed by atoms with E-state index in [9.17, 15) is 4.79 Å². The maximum atomic E-state index is 13.0. The predicted octanol–water partition coefficient (Wildman–Crippen LogP) is 5.81. The average molecular weight is 540 g/mol. The molecule has 39 heavy (non-hydrogen) atoms. The molecule has 1 aliphatic rings. The van der Waals surface area contributed by atoms with Crippen LogP contribution in [0.25, 0.3) is 5.69 Å². The molecule has 1 saturated heterocycles. The first-order chi connectivity index (χ1) is 18.9. The molecule has 8 heteroatoms. The average Bonchev–Trinajstić information content (AvgIpc) is 3.43. The first kappa shape index (κ1) is 26.4. The van der Waals surface area contributed by atoms with Crippen molar-refractivity contribution in [3.05, 3.63) is 107 Å². The van der Waals surface area contributed by atoms with Crippen LogP contribution in [0.5, 0.6) is 5.75 Å². The molecule has 0 saturated carbocycles. The Morgan fingerprint density at radius 1 is 1.05 bits per heavy atom. The van der Waals surface area contributed by atoms with Gasteiger partial charge in [-0.2, -0.15) is 0 Å². The Labute approximate surface area is 234 Å². The van der Waals surface area contributed by atoms with Crippen LogP contribution in [0.15, 0.2) is 79.0 Å². The Hall–Kier alpha value is -4.17. The Morgan fingerprint density at radius 2 is 1.79 bits per heavy atom. The predicted molar refractivity (Wildman–Crippen MR) is 158 cm³/mol. The van der Waals surface area contributed by atoms with Gasteiger partial charge in [-0.05, 0) is 81.0 Å². The van der Waals surface area contributed by atoms with Crippen molar-refractivity contribution in [3.63, 3.8) is 0 Å². The number of para-hydroxylation sites is 2. The van der Waals surface area contributed by atoms with E-state index in [0.717, 1.165) is 28.3 Å². The highest BCUT2D eigenvalue weighted by atomic mass is 32.1. The topological polar surface area (TPSA) is 71.4 Å². The van der Waals surface area contributed by atoms with Gasteiger partial charge in [-0.1, -0.05) is 35.9 Å². The number of ether oxygens (including phenoxy) is 1. The van der Waals surface area contributed by atoms with Crippen molar-refractivity contribution in [1.29, 1.82) is 0 Å². The first-order valence-corrected chi connectivity index (χ1v) is 13.4.